The van der Waals surface area contributed by atoms with Crippen LogP contribution in [0.4, 0.5) is 0 Å². The van der Waals surface area contributed by atoms with Crippen molar-refractivity contribution in [3.05, 3.63) is 52.8 Å². The Morgan fingerprint density at radius 3 is 2.38 bits per heavy atom. The van der Waals surface area contributed by atoms with Gasteiger partial charge in [0.2, 0.25) is 0 Å². The van der Waals surface area contributed by atoms with Crippen molar-refractivity contribution >= 4 is 29.9 Å². The second-order valence-corrected chi connectivity index (χ2v) is 7.54. The average Bonchev–Trinajstić information content (AvgIpc) is 2.97. The van der Waals surface area contributed by atoms with E-state index in [-0.39, 0.29) is 30.0 Å². The van der Waals surface area contributed by atoms with Crippen LogP contribution in [0.15, 0.2) is 35.3 Å². The van der Waals surface area contributed by atoms with E-state index in [1.54, 1.807) is 0 Å². The third-order valence-electron chi connectivity index (χ3n) is 4.79. The first-order chi connectivity index (χ1) is 13.4. The first-order valence-corrected chi connectivity index (χ1v) is 10.2. The molecule has 0 radical (unpaired) electrons. The lowest BCUT2D eigenvalue weighted by Crippen LogP contribution is -2.38. The summed E-state index contributed by atoms with van der Waals surface area (Å²) in [6, 6.07) is 11.1. The molecule has 29 heavy (non-hydrogen) atoms. The number of aryl methyl sites for hydroxylation is 4. The molecular formula is C22H37IN6. The smallest absolute Gasteiger partial charge is 0.191 e. The van der Waals surface area contributed by atoms with E-state index >= 15 is 0 Å². The van der Waals surface area contributed by atoms with Gasteiger partial charge in [-0.1, -0.05) is 29.8 Å². The summed E-state index contributed by atoms with van der Waals surface area (Å²) in [6.07, 6.45) is 1.00. The average molecular weight is 512 g/mol. The molecule has 1 heterocycles. The Morgan fingerprint density at radius 1 is 1.14 bits per heavy atom. The van der Waals surface area contributed by atoms with Gasteiger partial charge in [0, 0.05) is 25.3 Å². The van der Waals surface area contributed by atoms with Gasteiger partial charge in [-0.25, -0.2) is 0 Å². The number of nitrogens with zero attached hydrogens (tertiary/aromatic N) is 4. The fourth-order valence-corrected chi connectivity index (χ4v) is 3.21. The van der Waals surface area contributed by atoms with Gasteiger partial charge < -0.3 is 15.5 Å². The summed E-state index contributed by atoms with van der Waals surface area (Å²) in [7, 11) is 4.21. The zero-order valence-corrected chi connectivity index (χ0v) is 21.0. The molecule has 1 aromatic heterocycles. The Balaban J connectivity index is 0.00000420. The molecule has 0 aliphatic carbocycles. The van der Waals surface area contributed by atoms with Crippen LogP contribution in [0, 0.1) is 20.8 Å². The van der Waals surface area contributed by atoms with Crippen LogP contribution in [-0.2, 0) is 6.54 Å². The monoisotopic (exact) mass is 512 g/mol. The van der Waals surface area contributed by atoms with E-state index in [1.165, 1.54) is 16.8 Å². The molecule has 2 N–H and O–H groups in total. The van der Waals surface area contributed by atoms with Crippen LogP contribution in [0.2, 0.25) is 0 Å². The second kappa shape index (κ2) is 12.8. The van der Waals surface area contributed by atoms with Crippen molar-refractivity contribution in [1.29, 1.82) is 0 Å². The highest BCUT2D eigenvalue weighted by Gasteiger charge is 2.13. The molecule has 1 atom stereocenters. The Bertz CT molecular complexity index is 751. The standard InChI is InChI=1S/C22H36N6.HI/c1-7-23-22(24-13-8-14-28-19(4)15-18(3)26-28)25-16-21(27(5)6)20-11-9-17(2)10-12-20;/h9-12,15,21H,7-8,13-14,16H2,1-6H3,(H2,23,24,25);1H. The van der Waals surface area contributed by atoms with E-state index < -0.39 is 0 Å². The second-order valence-electron chi connectivity index (χ2n) is 7.54. The van der Waals surface area contributed by atoms with Crippen molar-refractivity contribution in [2.24, 2.45) is 4.99 Å². The maximum Gasteiger partial charge on any atom is 0.191 e. The zero-order chi connectivity index (χ0) is 20.5. The molecule has 1 unspecified atom stereocenters. The molecule has 0 aliphatic rings. The van der Waals surface area contributed by atoms with Crippen LogP contribution in [0.5, 0.6) is 0 Å². The number of nitrogens with one attached hydrogen (secondary N) is 2. The van der Waals surface area contributed by atoms with Gasteiger partial charge in [-0.05, 0) is 59.8 Å². The number of benzene rings is 1. The summed E-state index contributed by atoms with van der Waals surface area (Å²) in [4.78, 5) is 7.05. The van der Waals surface area contributed by atoms with Crippen molar-refractivity contribution in [1.82, 2.24) is 25.3 Å². The first-order valence-electron chi connectivity index (χ1n) is 10.2. The van der Waals surface area contributed by atoms with Gasteiger partial charge in [-0.2, -0.15) is 5.10 Å². The molecule has 0 saturated carbocycles. The van der Waals surface area contributed by atoms with E-state index in [2.05, 4.69) is 90.5 Å². The number of aromatic nitrogens is 2. The molecule has 0 bridgehead atoms. The molecule has 0 spiro atoms. The largest absolute Gasteiger partial charge is 0.357 e. The van der Waals surface area contributed by atoms with Gasteiger partial charge in [0.1, 0.15) is 0 Å². The number of likely N-dealkylation sites (N-methyl/N-ethyl adjacent to an activating group) is 1. The molecule has 0 fully saturated rings. The van der Waals surface area contributed by atoms with Gasteiger partial charge in [0.15, 0.2) is 5.96 Å². The molecule has 6 nitrogen and oxygen atoms in total. The van der Waals surface area contributed by atoms with E-state index in [0.29, 0.717) is 6.54 Å². The maximum atomic E-state index is 4.83. The SMILES string of the molecule is CCNC(=NCC(c1ccc(C)cc1)N(C)C)NCCCn1nc(C)cc1C.I. The highest BCUT2D eigenvalue weighted by Crippen LogP contribution is 2.19. The van der Waals surface area contributed by atoms with Gasteiger partial charge in [0.05, 0.1) is 18.3 Å². The summed E-state index contributed by atoms with van der Waals surface area (Å²) in [6.45, 7) is 11.7. The molecule has 0 amide bonds. The Labute approximate surface area is 193 Å². The third kappa shape index (κ3) is 8.34. The molecular weight excluding hydrogens is 475 g/mol. The fraction of sp³-hybridized carbons (Fsp3) is 0.545. The fourth-order valence-electron chi connectivity index (χ4n) is 3.21. The van der Waals surface area contributed by atoms with Crippen molar-refractivity contribution in [3.8, 4) is 0 Å². The number of halogens is 1. The summed E-state index contributed by atoms with van der Waals surface area (Å²) in [5, 5.41) is 11.3. The lowest BCUT2D eigenvalue weighted by Gasteiger charge is -2.24. The van der Waals surface area contributed by atoms with Crippen LogP contribution >= 0.6 is 24.0 Å². The lowest BCUT2D eigenvalue weighted by atomic mass is 10.0. The van der Waals surface area contributed by atoms with E-state index in [9.17, 15) is 0 Å². The Kier molecular flexibility index (Phi) is 11.3. The van der Waals surface area contributed by atoms with Crippen molar-refractivity contribution in [3.63, 3.8) is 0 Å². The Hall–Kier alpha value is -1.61. The first kappa shape index (κ1) is 25.4. The normalized spacial score (nSPS) is 12.6. The summed E-state index contributed by atoms with van der Waals surface area (Å²) in [5.41, 5.74) is 4.86. The van der Waals surface area contributed by atoms with Gasteiger partial charge >= 0.3 is 0 Å². The lowest BCUT2D eigenvalue weighted by molar-refractivity contribution is 0.306. The topological polar surface area (TPSA) is 57.5 Å². The van der Waals surface area contributed by atoms with Gasteiger partial charge in [0.25, 0.3) is 0 Å². The molecule has 162 valence electrons. The van der Waals surface area contributed by atoms with E-state index in [0.717, 1.165) is 37.7 Å². The maximum absolute atomic E-state index is 4.83. The minimum absolute atomic E-state index is 0. The highest BCUT2D eigenvalue weighted by atomic mass is 127. The number of aliphatic imine (C=N–C) groups is 1. The van der Waals surface area contributed by atoms with Crippen LogP contribution < -0.4 is 10.6 Å². The molecule has 2 rings (SSSR count). The summed E-state index contributed by atoms with van der Waals surface area (Å²) in [5.74, 6) is 0.870. The van der Waals surface area contributed by atoms with Crippen molar-refractivity contribution in [2.75, 3.05) is 33.7 Å². The Morgan fingerprint density at radius 2 is 1.83 bits per heavy atom. The summed E-state index contributed by atoms with van der Waals surface area (Å²) >= 11 is 0. The van der Waals surface area contributed by atoms with Crippen molar-refractivity contribution < 1.29 is 0 Å². The molecule has 0 saturated heterocycles. The van der Waals surface area contributed by atoms with Gasteiger partial charge in [-0.15, -0.1) is 24.0 Å². The zero-order valence-electron chi connectivity index (χ0n) is 18.7. The van der Waals surface area contributed by atoms with E-state index in [1.807, 2.05) is 6.92 Å². The number of guanidine groups is 1. The van der Waals surface area contributed by atoms with Crippen LogP contribution in [0.25, 0.3) is 0 Å². The highest BCUT2D eigenvalue weighted by molar-refractivity contribution is 14.0. The number of hydrogen-bond donors (Lipinski definition) is 2. The van der Waals surface area contributed by atoms with Crippen LogP contribution in [-0.4, -0.2) is 54.4 Å². The van der Waals surface area contributed by atoms with Crippen molar-refractivity contribution in [2.45, 2.75) is 46.7 Å². The molecule has 1 aromatic carbocycles. The molecule has 0 aliphatic heterocycles. The predicted molar refractivity (Wildman–Crippen MR) is 133 cm³/mol. The molecule has 2 aromatic rings. The number of rotatable bonds is 9. The number of hydrogen-bond acceptors (Lipinski definition) is 3. The molecule has 7 heteroatoms. The predicted octanol–water partition coefficient (Wildman–Crippen LogP) is 3.67. The minimum atomic E-state index is 0. The van der Waals surface area contributed by atoms with Crippen LogP contribution in [0.3, 0.4) is 0 Å². The third-order valence-corrected chi connectivity index (χ3v) is 4.79. The quantitative estimate of drug-likeness (QED) is 0.233. The van der Waals surface area contributed by atoms with E-state index in [4.69, 9.17) is 4.99 Å². The van der Waals surface area contributed by atoms with Crippen LogP contribution in [0.1, 0.15) is 41.9 Å². The van der Waals surface area contributed by atoms with Gasteiger partial charge in [-0.3, -0.25) is 9.67 Å². The minimum Gasteiger partial charge on any atom is -0.357 e. The summed E-state index contributed by atoms with van der Waals surface area (Å²) < 4.78 is 2.07.